The van der Waals surface area contributed by atoms with Crippen LogP contribution in [0.2, 0.25) is 0 Å². The fraction of sp³-hybridized carbons (Fsp3) is 0.633. The van der Waals surface area contributed by atoms with Crippen LogP contribution >= 0.6 is 0 Å². The minimum Gasteiger partial charge on any atom is -0.507 e. The number of carbonyl (C=O) groups excluding carboxylic acids is 3. The molecule has 3 aromatic rings. The summed E-state index contributed by atoms with van der Waals surface area (Å²) in [5.41, 5.74) is 3.41. The number of hydrogen-bond donors (Lipinski definition) is 8. The van der Waals surface area contributed by atoms with Crippen molar-refractivity contribution >= 4 is 29.5 Å². The predicted molar refractivity (Wildman–Crippen MR) is 350 cm³/mol. The lowest BCUT2D eigenvalue weighted by Crippen LogP contribution is -2.65. The first-order valence-electron chi connectivity index (χ1n) is 36.0. The molecule has 1 spiro atoms. The lowest BCUT2D eigenvalue weighted by molar-refractivity contribution is -0.228. The van der Waals surface area contributed by atoms with Crippen LogP contribution in [0.3, 0.4) is 0 Å². The summed E-state index contributed by atoms with van der Waals surface area (Å²) in [6.07, 6.45) is 13.5. The van der Waals surface area contributed by atoms with Crippen LogP contribution < -0.4 is 15.4 Å². The second kappa shape index (κ2) is 24.1. The Kier molecular flexibility index (Phi) is 16.1. The normalized spacial score (nSPS) is 41.9. The van der Waals surface area contributed by atoms with Crippen molar-refractivity contribution in [1.29, 1.82) is 0 Å². The molecule has 14 nitrogen and oxygen atoms in total. The molecule has 9 aliphatic carbocycles. The summed E-state index contributed by atoms with van der Waals surface area (Å²) in [4.78, 5) is 45.3. The van der Waals surface area contributed by atoms with Gasteiger partial charge in [-0.3, -0.25) is 9.59 Å². The number of hydrogen-bond acceptors (Lipinski definition) is 14. The Balaban J connectivity index is 0.929. The largest absolute Gasteiger partial charge is 0.507 e. The number of phenolic OH excluding ortho intramolecular Hbond substituents is 1. The van der Waals surface area contributed by atoms with Gasteiger partial charge >= 0.3 is 11.9 Å². The number of fused-ring (bicyclic) bond motifs is 10. The molecule has 0 aromatic heterocycles. The Bertz CT molecular complexity index is 3710. The van der Waals surface area contributed by atoms with Gasteiger partial charge in [-0.1, -0.05) is 104 Å². The van der Waals surface area contributed by atoms with E-state index in [1.54, 1.807) is 13.0 Å². The van der Waals surface area contributed by atoms with Crippen molar-refractivity contribution in [2.45, 2.75) is 227 Å². The average molecular weight is 1260 g/mol. The lowest BCUT2D eigenvalue weighted by Gasteiger charge is -2.59. The van der Waals surface area contributed by atoms with Crippen molar-refractivity contribution in [3.63, 3.8) is 0 Å². The number of β-amino-alcohol motifs (C(OH)–C–C–N with tert-alkyl or cyclic N) is 1. The molecule has 14 aliphatic rings. The van der Waals surface area contributed by atoms with E-state index in [1.165, 1.54) is 5.57 Å². The second-order valence-corrected chi connectivity index (χ2v) is 31.8. The van der Waals surface area contributed by atoms with Gasteiger partial charge < -0.3 is 55.5 Å². The SMILES string of the molecule is CNC[C@@H]1CC[C@@]2(C#C[C@H]3C[C@H]4C/C5=C\c6c(cc([C@H]7C#C[C@@H]8CC(=O)Oc9c8cc(c(O)c9C8CCCCC8)C[C@H]8OC(=O)/C(=C\[C@H](O)Cc9cccc(c9)C[C@H]9C(=O)CC[C@@H]%10[C@H]9C[C@@H]9CCCC[C@@H]9[C@]%108O)C7)cc6[C@@H]2O)NC[C@](C)(O)[C@H](O)[C@H]2C[C@@H]5[C@@H](C3)[C@@H]4O2)C1. The van der Waals surface area contributed by atoms with Gasteiger partial charge in [-0.05, 0) is 210 Å². The van der Waals surface area contributed by atoms with E-state index in [2.05, 4.69) is 58.6 Å². The number of nitrogens with one attached hydrogen (secondary N) is 2. The zero-order valence-electron chi connectivity index (χ0n) is 54.2. The molecule has 7 saturated carbocycles. The predicted octanol–water partition coefficient (Wildman–Crippen LogP) is 10.5. The fourth-order valence-corrected chi connectivity index (χ4v) is 21.7. The van der Waals surface area contributed by atoms with Crippen LogP contribution in [-0.4, -0.2) is 110 Å². The summed E-state index contributed by atoms with van der Waals surface area (Å²) < 4.78 is 20.5. The minimum absolute atomic E-state index is 0.0207. The van der Waals surface area contributed by atoms with Gasteiger partial charge in [-0.15, -0.1) is 0 Å². The molecule has 17 rings (SSSR count). The monoisotopic (exact) mass is 1260 g/mol. The molecule has 5 heterocycles. The smallest absolute Gasteiger partial charge is 0.334 e. The van der Waals surface area contributed by atoms with Crippen molar-refractivity contribution < 1.29 is 59.2 Å². The summed E-state index contributed by atoms with van der Waals surface area (Å²) in [6.45, 7) is 2.35. The van der Waals surface area contributed by atoms with E-state index in [4.69, 9.17) is 14.2 Å². The molecule has 0 amide bonds. The van der Waals surface area contributed by atoms with Crippen molar-refractivity contribution in [3.05, 3.63) is 104 Å². The topological polar surface area (TPSA) is 224 Å². The molecular formula is C79H94N2O12. The zero-order chi connectivity index (χ0) is 63.8. The highest BCUT2D eigenvalue weighted by Crippen LogP contribution is 2.61. The van der Waals surface area contributed by atoms with Crippen LogP contribution in [0, 0.1) is 88.3 Å². The van der Waals surface area contributed by atoms with Gasteiger partial charge in [0.1, 0.15) is 40.7 Å². The van der Waals surface area contributed by atoms with Crippen molar-refractivity contribution in [3.8, 4) is 35.2 Å². The molecule has 1 saturated heterocycles. The van der Waals surface area contributed by atoms with Crippen LogP contribution in [0.5, 0.6) is 11.5 Å². The van der Waals surface area contributed by atoms with Crippen molar-refractivity contribution in [2.24, 2.45) is 64.6 Å². The maximum absolute atomic E-state index is 16.4. The Morgan fingerprint density at radius 3 is 2.41 bits per heavy atom. The highest BCUT2D eigenvalue weighted by Gasteiger charge is 2.63. The van der Waals surface area contributed by atoms with Gasteiger partial charge in [-0.2, -0.15) is 0 Å². The summed E-state index contributed by atoms with van der Waals surface area (Å²) >= 11 is 0. The van der Waals surface area contributed by atoms with E-state index in [-0.39, 0.29) is 121 Å². The molecule has 8 N–H and O–H groups in total. The summed E-state index contributed by atoms with van der Waals surface area (Å²) in [6, 6.07) is 14.1. The Labute approximate surface area is 547 Å². The van der Waals surface area contributed by atoms with Crippen LogP contribution in [0.25, 0.3) is 6.08 Å². The van der Waals surface area contributed by atoms with Gasteiger partial charge in [0, 0.05) is 71.5 Å². The van der Waals surface area contributed by atoms with Crippen molar-refractivity contribution in [2.75, 3.05) is 25.5 Å². The molecule has 3 aromatic carbocycles. The van der Waals surface area contributed by atoms with Crippen LogP contribution in [0.15, 0.2) is 59.7 Å². The maximum Gasteiger partial charge on any atom is 0.334 e. The van der Waals surface area contributed by atoms with Gasteiger partial charge in [0.15, 0.2) is 0 Å². The number of phenols is 1. The number of anilines is 1. The quantitative estimate of drug-likeness (QED) is 0.0692. The number of esters is 2. The summed E-state index contributed by atoms with van der Waals surface area (Å²) in [7, 11) is 1.97. The van der Waals surface area contributed by atoms with Gasteiger partial charge in [0.25, 0.3) is 0 Å². The number of carbonyl (C=O) groups is 3. The van der Waals surface area contributed by atoms with Crippen LogP contribution in [0.1, 0.15) is 210 Å². The molecule has 5 aliphatic heterocycles. The molecule has 18 bridgehead atoms. The Hall–Kier alpha value is -5.81. The molecule has 14 heteroatoms. The first kappa shape index (κ1) is 62.0. The number of aliphatic hydroxyl groups excluding tert-OH is 3. The number of allylic oxidation sites excluding steroid dienone is 1. The van der Waals surface area contributed by atoms with E-state index in [9.17, 15) is 40.2 Å². The molecular weight excluding hydrogens is 1170 g/mol. The summed E-state index contributed by atoms with van der Waals surface area (Å²) in [5, 5.41) is 86.1. The fourth-order valence-electron chi connectivity index (χ4n) is 21.7. The molecule has 8 fully saturated rings. The van der Waals surface area contributed by atoms with Crippen LogP contribution in [-0.2, 0) is 43.1 Å². The first-order chi connectivity index (χ1) is 44.9. The number of rotatable bonds is 4. The average Bonchev–Trinajstić information content (AvgIpc) is 1.25. The number of benzene rings is 3. The van der Waals surface area contributed by atoms with Crippen molar-refractivity contribution in [1.82, 2.24) is 5.32 Å². The lowest BCUT2D eigenvalue weighted by atomic mass is 9.48. The molecule has 21 atom stereocenters. The third kappa shape index (κ3) is 10.9. The maximum atomic E-state index is 16.4. The first-order valence-corrected chi connectivity index (χ1v) is 36.0. The minimum atomic E-state index is -1.67. The molecule has 492 valence electrons. The second-order valence-electron chi connectivity index (χ2n) is 31.8. The van der Waals surface area contributed by atoms with E-state index in [1.807, 2.05) is 31.3 Å². The Morgan fingerprint density at radius 1 is 0.763 bits per heavy atom. The highest BCUT2D eigenvalue weighted by molar-refractivity contribution is 5.89. The van der Waals surface area contributed by atoms with E-state index < -0.39 is 76.8 Å². The molecule has 93 heavy (non-hydrogen) atoms. The number of aromatic hydroxyl groups is 1. The highest BCUT2D eigenvalue weighted by atomic mass is 16.6. The number of Topliss-reactive ketones (excluding diaryl/α,β-unsaturated/α-hetero) is 1. The van der Waals surface area contributed by atoms with Gasteiger partial charge in [0.05, 0.1) is 42.2 Å². The summed E-state index contributed by atoms with van der Waals surface area (Å²) in [5.74, 6) is 12.1. The molecule has 0 unspecified atom stereocenters. The zero-order valence-corrected chi connectivity index (χ0v) is 54.2. The standard InChI is InChI=1S/C79H94N2O12/c1-77(89)41-81-65-35-50(32-62-59(65)33-51-29-53-24-44(27-61-56(51)38-67(75(77)87)91-72(53)61)19-21-78(74(62)86)22-20-45(39-78)40-80-2)47-15-16-48-37-69(84)93-73-57(48)34-52(71(85)70(73)46-11-4-3-5-12-46)36-68-79(90)63-14-7-6-13-49(63)31-58-60(66(83)18-17-64(58)79)26-43-10-8-9-42(23-43)25-55(82)30-54(28-47)76(88)92-68/h8-10,23,30,32-35,44-49,53,55-56,58,60-61,63-64,67-68,72,74-75,80-82,85-87,89-90H,3-7,11-14,17-18,20,22,24-29,31,36-41H2,1-2H3/b51-33+,54-30-/t44-,45+,47-,48+,49-,53-,55+,56-,58-,60+,61+,63-,64+,67+,68+,72+,74-,75+,77-,78-,79-/m0/s1. The van der Waals surface area contributed by atoms with E-state index in [0.717, 1.165) is 107 Å². The third-order valence-corrected chi connectivity index (χ3v) is 26.2. The molecule has 0 radical (unpaired) electrons. The van der Waals surface area contributed by atoms with Gasteiger partial charge in [0.2, 0.25) is 0 Å². The number of aliphatic hydroxyl groups is 5. The van der Waals surface area contributed by atoms with Crippen LogP contribution in [0.4, 0.5) is 5.69 Å². The third-order valence-electron chi connectivity index (χ3n) is 26.2. The van der Waals surface area contributed by atoms with Gasteiger partial charge in [-0.25, -0.2) is 4.79 Å². The number of ether oxygens (including phenoxy) is 3. The van der Waals surface area contributed by atoms with E-state index in [0.29, 0.717) is 77.8 Å². The van der Waals surface area contributed by atoms with E-state index >= 15 is 4.79 Å². The Morgan fingerprint density at radius 2 is 1.57 bits per heavy atom. The number of ketones is 1.